The van der Waals surface area contributed by atoms with Crippen molar-refractivity contribution in [2.24, 2.45) is 5.92 Å². The lowest BCUT2D eigenvalue weighted by atomic mass is 9.97. The Balaban J connectivity index is 2.13. The lowest BCUT2D eigenvalue weighted by Crippen LogP contribution is -2.37. The SMILES string of the molecule is COc1ccc(CC(C)C(=O)NC(C(=O)O)c2ccc(C)c(C)c2)cc1OC. The summed E-state index contributed by atoms with van der Waals surface area (Å²) in [6.07, 6.45) is 0.450. The maximum absolute atomic E-state index is 12.6. The van der Waals surface area contributed by atoms with Gasteiger partial charge in [-0.3, -0.25) is 4.79 Å². The molecule has 0 saturated carbocycles. The molecule has 6 nitrogen and oxygen atoms in total. The second-order valence-corrected chi connectivity index (χ2v) is 6.92. The Labute approximate surface area is 165 Å². The Kier molecular flexibility index (Phi) is 7.04. The van der Waals surface area contributed by atoms with E-state index in [4.69, 9.17) is 9.47 Å². The maximum atomic E-state index is 12.6. The largest absolute Gasteiger partial charge is 0.493 e. The highest BCUT2D eigenvalue weighted by Crippen LogP contribution is 2.28. The van der Waals surface area contributed by atoms with Crippen molar-refractivity contribution in [2.75, 3.05) is 14.2 Å². The number of hydrogen-bond donors (Lipinski definition) is 2. The number of methoxy groups -OCH3 is 2. The molecule has 2 N–H and O–H groups in total. The minimum atomic E-state index is -1.09. The molecule has 0 bridgehead atoms. The monoisotopic (exact) mass is 385 g/mol. The minimum absolute atomic E-state index is 0.319. The second-order valence-electron chi connectivity index (χ2n) is 6.92. The van der Waals surface area contributed by atoms with Gasteiger partial charge in [0, 0.05) is 5.92 Å². The fraction of sp³-hybridized carbons (Fsp3) is 0.364. The molecule has 0 aliphatic rings. The van der Waals surface area contributed by atoms with E-state index in [1.54, 1.807) is 39.3 Å². The number of hydrogen-bond acceptors (Lipinski definition) is 4. The molecule has 2 atom stereocenters. The van der Waals surface area contributed by atoms with Gasteiger partial charge in [0.2, 0.25) is 5.91 Å². The third kappa shape index (κ3) is 5.03. The fourth-order valence-electron chi connectivity index (χ4n) is 2.97. The Morgan fingerprint density at radius 2 is 1.68 bits per heavy atom. The van der Waals surface area contributed by atoms with Crippen molar-refractivity contribution in [3.05, 3.63) is 58.7 Å². The minimum Gasteiger partial charge on any atom is -0.493 e. The van der Waals surface area contributed by atoms with E-state index < -0.39 is 17.9 Å². The average molecular weight is 385 g/mol. The number of rotatable bonds is 8. The van der Waals surface area contributed by atoms with Crippen molar-refractivity contribution in [1.82, 2.24) is 5.32 Å². The summed E-state index contributed by atoms with van der Waals surface area (Å²) >= 11 is 0. The molecule has 2 rings (SSSR count). The molecule has 0 aliphatic heterocycles. The fourth-order valence-corrected chi connectivity index (χ4v) is 2.97. The summed E-state index contributed by atoms with van der Waals surface area (Å²) in [5, 5.41) is 12.2. The highest BCUT2D eigenvalue weighted by atomic mass is 16.5. The van der Waals surface area contributed by atoms with Crippen molar-refractivity contribution in [3.63, 3.8) is 0 Å². The number of ether oxygens (including phenoxy) is 2. The number of carboxylic acid groups (broad SMARTS) is 1. The third-order valence-electron chi connectivity index (χ3n) is 4.84. The summed E-state index contributed by atoms with van der Waals surface area (Å²) in [4.78, 5) is 24.4. The van der Waals surface area contributed by atoms with Crippen LogP contribution in [0.4, 0.5) is 0 Å². The van der Waals surface area contributed by atoms with Gasteiger partial charge in [-0.15, -0.1) is 0 Å². The van der Waals surface area contributed by atoms with Gasteiger partial charge in [0.1, 0.15) is 0 Å². The van der Waals surface area contributed by atoms with Crippen LogP contribution >= 0.6 is 0 Å². The Bertz CT molecular complexity index is 862. The zero-order valence-corrected chi connectivity index (χ0v) is 16.9. The lowest BCUT2D eigenvalue weighted by Gasteiger charge is -2.19. The molecule has 150 valence electrons. The number of carbonyl (C=O) groups is 2. The highest BCUT2D eigenvalue weighted by Gasteiger charge is 2.25. The Morgan fingerprint density at radius 3 is 2.25 bits per heavy atom. The summed E-state index contributed by atoms with van der Waals surface area (Å²) in [6, 6.07) is 9.78. The zero-order valence-electron chi connectivity index (χ0n) is 16.9. The molecule has 0 aromatic heterocycles. The van der Waals surface area contributed by atoms with Gasteiger partial charge in [-0.1, -0.05) is 31.2 Å². The van der Waals surface area contributed by atoms with Crippen LogP contribution in [0, 0.1) is 19.8 Å². The average Bonchev–Trinajstić information content (AvgIpc) is 2.67. The van der Waals surface area contributed by atoms with Gasteiger partial charge >= 0.3 is 5.97 Å². The number of carbonyl (C=O) groups excluding carboxylic acids is 1. The molecule has 0 heterocycles. The quantitative estimate of drug-likeness (QED) is 0.727. The molecule has 0 aliphatic carbocycles. The van der Waals surface area contributed by atoms with Gasteiger partial charge in [-0.2, -0.15) is 0 Å². The molecule has 2 aromatic rings. The molecular weight excluding hydrogens is 358 g/mol. The predicted molar refractivity (Wildman–Crippen MR) is 107 cm³/mol. The summed E-state index contributed by atoms with van der Waals surface area (Å²) in [5.74, 6) is -0.614. The summed E-state index contributed by atoms with van der Waals surface area (Å²) in [5.41, 5.74) is 3.51. The molecule has 0 spiro atoms. The summed E-state index contributed by atoms with van der Waals surface area (Å²) in [6.45, 7) is 5.64. The van der Waals surface area contributed by atoms with Crippen LogP contribution in [-0.2, 0) is 16.0 Å². The van der Waals surface area contributed by atoms with E-state index in [0.29, 0.717) is 23.5 Å². The van der Waals surface area contributed by atoms with Crippen LogP contribution in [0.5, 0.6) is 11.5 Å². The van der Waals surface area contributed by atoms with Crippen LogP contribution in [0.2, 0.25) is 0 Å². The molecule has 0 fully saturated rings. The van der Waals surface area contributed by atoms with E-state index in [1.807, 2.05) is 32.0 Å². The predicted octanol–water partition coefficient (Wildman–Crippen LogP) is 3.44. The van der Waals surface area contributed by atoms with Crippen molar-refractivity contribution >= 4 is 11.9 Å². The van der Waals surface area contributed by atoms with Crippen LogP contribution < -0.4 is 14.8 Å². The number of aliphatic carboxylic acids is 1. The third-order valence-corrected chi connectivity index (χ3v) is 4.84. The van der Waals surface area contributed by atoms with Crippen LogP contribution in [0.25, 0.3) is 0 Å². The molecular formula is C22H27NO5. The molecule has 28 heavy (non-hydrogen) atoms. The van der Waals surface area contributed by atoms with Gasteiger partial charge in [-0.05, 0) is 54.7 Å². The molecule has 6 heteroatoms. The van der Waals surface area contributed by atoms with Gasteiger partial charge in [0.25, 0.3) is 0 Å². The first-order chi connectivity index (χ1) is 13.3. The van der Waals surface area contributed by atoms with Gasteiger partial charge in [0.05, 0.1) is 14.2 Å². The van der Waals surface area contributed by atoms with Crippen molar-refractivity contribution in [1.29, 1.82) is 0 Å². The van der Waals surface area contributed by atoms with Gasteiger partial charge < -0.3 is 19.9 Å². The van der Waals surface area contributed by atoms with Gasteiger partial charge in [0.15, 0.2) is 17.5 Å². The van der Waals surface area contributed by atoms with E-state index in [2.05, 4.69) is 5.32 Å². The zero-order chi connectivity index (χ0) is 20.8. The smallest absolute Gasteiger partial charge is 0.330 e. The van der Waals surface area contributed by atoms with Crippen LogP contribution in [0.15, 0.2) is 36.4 Å². The summed E-state index contributed by atoms with van der Waals surface area (Å²) in [7, 11) is 3.12. The number of aryl methyl sites for hydroxylation is 2. The van der Waals surface area contributed by atoms with E-state index >= 15 is 0 Å². The van der Waals surface area contributed by atoms with E-state index in [9.17, 15) is 14.7 Å². The van der Waals surface area contributed by atoms with Crippen LogP contribution in [0.3, 0.4) is 0 Å². The molecule has 2 aromatic carbocycles. The van der Waals surface area contributed by atoms with E-state index in [1.165, 1.54) is 0 Å². The van der Waals surface area contributed by atoms with Crippen molar-refractivity contribution < 1.29 is 24.2 Å². The lowest BCUT2D eigenvalue weighted by molar-refractivity contribution is -0.142. The topological polar surface area (TPSA) is 84.9 Å². The molecule has 0 radical (unpaired) electrons. The first-order valence-electron chi connectivity index (χ1n) is 9.08. The number of amides is 1. The Morgan fingerprint density at radius 1 is 1.00 bits per heavy atom. The first-order valence-corrected chi connectivity index (χ1v) is 9.08. The standard InChI is InChI=1S/C22H27NO5/c1-13-6-8-17(11-14(13)2)20(22(25)26)23-21(24)15(3)10-16-7-9-18(27-4)19(12-16)28-5/h6-9,11-12,15,20H,10H2,1-5H3,(H,23,24)(H,25,26). The van der Waals surface area contributed by atoms with Crippen LogP contribution in [-0.4, -0.2) is 31.2 Å². The molecule has 1 amide bonds. The molecule has 0 saturated heterocycles. The van der Waals surface area contributed by atoms with Gasteiger partial charge in [-0.25, -0.2) is 4.79 Å². The maximum Gasteiger partial charge on any atom is 0.330 e. The number of nitrogens with one attached hydrogen (secondary N) is 1. The number of carboxylic acids is 1. The van der Waals surface area contributed by atoms with E-state index in [0.717, 1.165) is 16.7 Å². The van der Waals surface area contributed by atoms with Crippen molar-refractivity contribution in [2.45, 2.75) is 33.2 Å². The highest BCUT2D eigenvalue weighted by molar-refractivity contribution is 5.85. The van der Waals surface area contributed by atoms with E-state index in [-0.39, 0.29) is 5.91 Å². The summed E-state index contributed by atoms with van der Waals surface area (Å²) < 4.78 is 10.5. The number of benzene rings is 2. The van der Waals surface area contributed by atoms with Crippen molar-refractivity contribution in [3.8, 4) is 11.5 Å². The van der Waals surface area contributed by atoms with Crippen LogP contribution in [0.1, 0.15) is 35.2 Å². The molecule has 2 unspecified atom stereocenters. The second kappa shape index (κ2) is 9.26. The Hall–Kier alpha value is -3.02. The first kappa shape index (κ1) is 21.3. The normalized spacial score (nSPS) is 12.8.